The number of hydrogen-bond acceptors (Lipinski definition) is 3. The summed E-state index contributed by atoms with van der Waals surface area (Å²) in [5.74, 6) is 1.53. The van der Waals surface area contributed by atoms with E-state index in [0.29, 0.717) is 12.1 Å². The molecule has 1 atom stereocenters. The third-order valence-electron chi connectivity index (χ3n) is 3.45. The Bertz CT molecular complexity index is 571. The summed E-state index contributed by atoms with van der Waals surface area (Å²) in [5, 5.41) is 3.56. The van der Waals surface area contributed by atoms with E-state index in [-0.39, 0.29) is 0 Å². The molecule has 0 aliphatic carbocycles. The number of anilines is 2. The van der Waals surface area contributed by atoms with Crippen LogP contribution in [0.4, 0.5) is 11.4 Å². The van der Waals surface area contributed by atoms with Crippen LogP contribution >= 0.6 is 0 Å². The molecule has 2 N–H and O–H groups in total. The number of hydrogen-bond donors (Lipinski definition) is 2. The lowest BCUT2D eigenvalue weighted by Crippen LogP contribution is -2.36. The van der Waals surface area contributed by atoms with Crippen molar-refractivity contribution < 1.29 is 0 Å². The van der Waals surface area contributed by atoms with Gasteiger partial charge in [-0.05, 0) is 25.0 Å². The van der Waals surface area contributed by atoms with Crippen LogP contribution < -0.4 is 10.2 Å². The molecule has 1 aliphatic heterocycles. The first-order valence-corrected chi connectivity index (χ1v) is 7.06. The topological polar surface area (TPSA) is 44.0 Å². The van der Waals surface area contributed by atoms with Crippen molar-refractivity contribution in [3.8, 4) is 0 Å². The van der Waals surface area contributed by atoms with Gasteiger partial charge < -0.3 is 15.2 Å². The quantitative estimate of drug-likeness (QED) is 0.821. The van der Waals surface area contributed by atoms with Gasteiger partial charge in [-0.15, -0.1) is 0 Å². The van der Waals surface area contributed by atoms with E-state index >= 15 is 0 Å². The molecule has 4 heteroatoms. The SMILES string of the molecule is CC.Cc1nc2cc3c(cc2[nH]1)NC(C(C)C)N3C. The van der Waals surface area contributed by atoms with Crippen molar-refractivity contribution in [1.82, 2.24) is 9.97 Å². The number of rotatable bonds is 1. The molecule has 2 aromatic rings. The van der Waals surface area contributed by atoms with Gasteiger partial charge >= 0.3 is 0 Å². The monoisotopic (exact) mass is 260 g/mol. The highest BCUT2D eigenvalue weighted by molar-refractivity contribution is 5.90. The van der Waals surface area contributed by atoms with Gasteiger partial charge in [0.05, 0.1) is 22.4 Å². The zero-order valence-corrected chi connectivity index (χ0v) is 12.7. The first kappa shape index (κ1) is 13.7. The van der Waals surface area contributed by atoms with Gasteiger partial charge in [0, 0.05) is 7.05 Å². The Morgan fingerprint density at radius 3 is 2.58 bits per heavy atom. The number of nitrogens with zero attached hydrogens (tertiary/aromatic N) is 2. The average Bonchev–Trinajstić information content (AvgIpc) is 2.89. The van der Waals surface area contributed by atoms with Crippen LogP contribution in [-0.4, -0.2) is 23.2 Å². The van der Waals surface area contributed by atoms with E-state index in [9.17, 15) is 0 Å². The highest BCUT2D eigenvalue weighted by Crippen LogP contribution is 2.38. The average molecular weight is 260 g/mol. The second-order valence-electron chi connectivity index (χ2n) is 5.15. The zero-order chi connectivity index (χ0) is 14.2. The Balaban J connectivity index is 0.000000637. The molecule has 0 radical (unpaired) electrons. The molecule has 1 unspecified atom stereocenters. The first-order chi connectivity index (χ1) is 9.06. The molecular weight excluding hydrogens is 236 g/mol. The molecule has 0 saturated carbocycles. The van der Waals surface area contributed by atoms with Gasteiger partial charge in [-0.1, -0.05) is 27.7 Å². The number of nitrogens with one attached hydrogen (secondary N) is 2. The standard InChI is InChI=1S/C13H18N4.C2H6/c1-7(2)13-16-11-5-9-10(15-8(3)14-9)6-12(11)17(13)4;1-2/h5-7,13,16H,1-4H3,(H,14,15);1-2H3. The molecule has 104 valence electrons. The fourth-order valence-corrected chi connectivity index (χ4v) is 2.60. The van der Waals surface area contributed by atoms with E-state index in [1.54, 1.807) is 0 Å². The van der Waals surface area contributed by atoms with Crippen LogP contribution in [-0.2, 0) is 0 Å². The van der Waals surface area contributed by atoms with Crippen LogP contribution in [0.1, 0.15) is 33.5 Å². The summed E-state index contributed by atoms with van der Waals surface area (Å²) in [4.78, 5) is 10.1. The maximum Gasteiger partial charge on any atom is 0.104 e. The third kappa shape index (κ3) is 2.27. The highest BCUT2D eigenvalue weighted by Gasteiger charge is 2.28. The summed E-state index contributed by atoms with van der Waals surface area (Å²) in [6.07, 6.45) is 0.373. The minimum Gasteiger partial charge on any atom is -0.363 e. The predicted molar refractivity (Wildman–Crippen MR) is 82.8 cm³/mol. The fourth-order valence-electron chi connectivity index (χ4n) is 2.60. The molecule has 0 fully saturated rings. The lowest BCUT2D eigenvalue weighted by Gasteiger charge is -2.25. The van der Waals surface area contributed by atoms with Crippen molar-refractivity contribution >= 4 is 22.4 Å². The number of imidazole rings is 1. The maximum absolute atomic E-state index is 4.48. The number of aromatic amines is 1. The van der Waals surface area contributed by atoms with E-state index in [0.717, 1.165) is 16.9 Å². The van der Waals surface area contributed by atoms with Crippen molar-refractivity contribution in [1.29, 1.82) is 0 Å². The van der Waals surface area contributed by atoms with Crippen LogP contribution in [0.3, 0.4) is 0 Å². The Labute approximate surface area is 115 Å². The van der Waals surface area contributed by atoms with Gasteiger partial charge in [-0.3, -0.25) is 0 Å². The van der Waals surface area contributed by atoms with Crippen molar-refractivity contribution in [2.24, 2.45) is 5.92 Å². The minimum atomic E-state index is 0.373. The summed E-state index contributed by atoms with van der Waals surface area (Å²) in [6.45, 7) is 10.4. The number of aryl methyl sites for hydroxylation is 1. The Morgan fingerprint density at radius 2 is 1.95 bits per heavy atom. The molecule has 1 aromatic carbocycles. The van der Waals surface area contributed by atoms with E-state index in [2.05, 4.69) is 53.2 Å². The van der Waals surface area contributed by atoms with Crippen LogP contribution in [0.15, 0.2) is 12.1 Å². The normalized spacial score (nSPS) is 17.2. The van der Waals surface area contributed by atoms with E-state index in [1.165, 1.54) is 11.4 Å². The molecule has 0 saturated heterocycles. The smallest absolute Gasteiger partial charge is 0.104 e. The van der Waals surface area contributed by atoms with Crippen LogP contribution in [0.5, 0.6) is 0 Å². The number of fused-ring (bicyclic) bond motifs is 2. The largest absolute Gasteiger partial charge is 0.363 e. The molecular formula is C15H24N4. The third-order valence-corrected chi connectivity index (χ3v) is 3.45. The van der Waals surface area contributed by atoms with E-state index in [4.69, 9.17) is 0 Å². The predicted octanol–water partition coefficient (Wildman–Crippen LogP) is 3.74. The summed E-state index contributed by atoms with van der Waals surface area (Å²) >= 11 is 0. The molecule has 2 heterocycles. The highest BCUT2D eigenvalue weighted by atomic mass is 15.3. The molecule has 0 spiro atoms. The van der Waals surface area contributed by atoms with Crippen LogP contribution in [0.2, 0.25) is 0 Å². The lowest BCUT2D eigenvalue weighted by molar-refractivity contribution is 0.531. The first-order valence-electron chi connectivity index (χ1n) is 7.06. The van der Waals surface area contributed by atoms with Crippen molar-refractivity contribution in [2.75, 3.05) is 17.3 Å². The van der Waals surface area contributed by atoms with Gasteiger partial charge in [0.2, 0.25) is 0 Å². The summed E-state index contributed by atoms with van der Waals surface area (Å²) in [6, 6.07) is 4.31. The molecule has 1 aromatic heterocycles. The molecule has 19 heavy (non-hydrogen) atoms. The molecule has 0 amide bonds. The van der Waals surface area contributed by atoms with Crippen molar-refractivity contribution in [3.63, 3.8) is 0 Å². The zero-order valence-electron chi connectivity index (χ0n) is 12.7. The second-order valence-corrected chi connectivity index (χ2v) is 5.15. The van der Waals surface area contributed by atoms with Gasteiger partial charge in [0.15, 0.2) is 0 Å². The maximum atomic E-state index is 4.48. The number of aromatic nitrogens is 2. The van der Waals surface area contributed by atoms with Gasteiger partial charge in [0.1, 0.15) is 12.0 Å². The second kappa shape index (κ2) is 5.11. The Kier molecular flexibility index (Phi) is 3.69. The molecule has 4 nitrogen and oxygen atoms in total. The summed E-state index contributed by atoms with van der Waals surface area (Å²) in [7, 11) is 2.13. The van der Waals surface area contributed by atoms with E-state index < -0.39 is 0 Å². The molecule has 3 rings (SSSR count). The van der Waals surface area contributed by atoms with Gasteiger partial charge in [-0.2, -0.15) is 0 Å². The van der Waals surface area contributed by atoms with E-state index in [1.807, 2.05) is 20.8 Å². The van der Waals surface area contributed by atoms with Crippen LogP contribution in [0.25, 0.3) is 11.0 Å². The molecule has 1 aliphatic rings. The minimum absolute atomic E-state index is 0.373. The Morgan fingerprint density at radius 1 is 1.26 bits per heavy atom. The number of H-pyrrole nitrogens is 1. The number of benzene rings is 1. The van der Waals surface area contributed by atoms with Crippen molar-refractivity contribution in [3.05, 3.63) is 18.0 Å². The lowest BCUT2D eigenvalue weighted by atomic mass is 10.1. The summed E-state index contributed by atoms with van der Waals surface area (Å²) in [5.41, 5.74) is 4.58. The summed E-state index contributed by atoms with van der Waals surface area (Å²) < 4.78 is 0. The Hall–Kier alpha value is -1.71. The van der Waals surface area contributed by atoms with Crippen LogP contribution in [0, 0.1) is 12.8 Å². The van der Waals surface area contributed by atoms with Gasteiger partial charge in [0.25, 0.3) is 0 Å². The fraction of sp³-hybridized carbons (Fsp3) is 0.533. The molecule has 0 bridgehead atoms. The van der Waals surface area contributed by atoms with Gasteiger partial charge in [-0.25, -0.2) is 4.98 Å². The van der Waals surface area contributed by atoms with Crippen molar-refractivity contribution in [2.45, 2.75) is 40.8 Å².